The lowest BCUT2D eigenvalue weighted by atomic mass is 9.95. The number of nitrogens with zero attached hydrogens (tertiary/aromatic N) is 2. The second-order valence-corrected chi connectivity index (χ2v) is 9.43. The minimum Gasteiger partial charge on any atom is -0.388 e. The number of anilines is 1. The van der Waals surface area contributed by atoms with Gasteiger partial charge in [-0.15, -0.1) is 0 Å². The van der Waals surface area contributed by atoms with E-state index in [2.05, 4.69) is 21.6 Å². The number of fused-ring (bicyclic) bond motifs is 1. The summed E-state index contributed by atoms with van der Waals surface area (Å²) in [5.41, 5.74) is 1.63. The molecule has 37 heavy (non-hydrogen) atoms. The first kappa shape index (κ1) is 27.0. The molecule has 198 valence electrons. The Balaban J connectivity index is 1.35. The Bertz CT molecular complexity index is 1160. The number of nitriles is 1. The van der Waals surface area contributed by atoms with Crippen LogP contribution in [0.5, 0.6) is 0 Å². The first-order valence-electron chi connectivity index (χ1n) is 12.5. The Hall–Kier alpha value is -3.04. The van der Waals surface area contributed by atoms with Crippen LogP contribution in [0.4, 0.5) is 5.69 Å². The van der Waals surface area contributed by atoms with Crippen LogP contribution in [0.15, 0.2) is 42.0 Å². The summed E-state index contributed by atoms with van der Waals surface area (Å²) in [6.45, 7) is 6.74. The van der Waals surface area contributed by atoms with Gasteiger partial charge in [-0.2, -0.15) is 5.26 Å². The molecule has 1 unspecified atom stereocenters. The fourth-order valence-corrected chi connectivity index (χ4v) is 4.56. The van der Waals surface area contributed by atoms with Gasteiger partial charge in [0.1, 0.15) is 36.1 Å². The van der Waals surface area contributed by atoms with Gasteiger partial charge in [-0.3, -0.25) is 9.69 Å². The normalized spacial score (nSPS) is 27.0. The number of hydrogen-bond donors (Lipinski definition) is 5. The molecule has 0 aromatic heterocycles. The first-order chi connectivity index (χ1) is 17.9. The molecule has 0 spiro atoms. The van der Waals surface area contributed by atoms with E-state index >= 15 is 0 Å². The molecule has 0 bridgehead atoms. The van der Waals surface area contributed by atoms with E-state index in [-0.39, 0.29) is 12.1 Å². The monoisotopic (exact) mass is 510 g/mol. The summed E-state index contributed by atoms with van der Waals surface area (Å²) in [5.74, 6) is -0.619. The number of nitrogens with one attached hydrogen (secondary N) is 2. The highest BCUT2D eigenvalue weighted by Gasteiger charge is 2.41. The molecule has 0 saturated carbocycles. The zero-order valence-corrected chi connectivity index (χ0v) is 20.8. The molecule has 2 aromatic carbocycles. The van der Waals surface area contributed by atoms with Crippen molar-refractivity contribution in [2.75, 3.05) is 51.3 Å². The number of rotatable bonds is 8. The van der Waals surface area contributed by atoms with Gasteiger partial charge in [0.2, 0.25) is 0 Å². The zero-order valence-electron chi connectivity index (χ0n) is 20.8. The third-order valence-electron chi connectivity index (χ3n) is 6.82. The molecule has 4 rings (SSSR count). The van der Waals surface area contributed by atoms with Crippen LogP contribution in [0, 0.1) is 11.3 Å². The largest absolute Gasteiger partial charge is 0.388 e. The number of aliphatic hydroxyl groups is 3. The minimum atomic E-state index is -1.38. The van der Waals surface area contributed by atoms with E-state index in [4.69, 9.17) is 9.47 Å². The average molecular weight is 511 g/mol. The molecule has 0 radical (unpaired) electrons. The highest BCUT2D eigenvalue weighted by Crippen LogP contribution is 2.23. The second kappa shape index (κ2) is 12.5. The fourth-order valence-electron chi connectivity index (χ4n) is 4.56. The molecular weight excluding hydrogens is 476 g/mol. The van der Waals surface area contributed by atoms with Gasteiger partial charge < -0.3 is 35.4 Å². The standard InChI is InChI=1S/C27H34N4O6/c1-17-24(32)26(34)25(33)23(37-17)16-30-27(35)21(15-28)13-18-2-3-20-14-22(5-4-19(20)12-18)29-6-7-31-8-10-36-11-9-31/h2-5,12-14,17,23-26,29,32-34H,6-11,16H2,1H3,(H,30,35)/b21-13+/t17?,23-,24+,25-,26-/m1/s1. The van der Waals surface area contributed by atoms with Crippen LogP contribution in [-0.4, -0.2) is 103 Å². The summed E-state index contributed by atoms with van der Waals surface area (Å²) in [7, 11) is 0. The molecule has 2 heterocycles. The van der Waals surface area contributed by atoms with Gasteiger partial charge in [0.25, 0.3) is 5.91 Å². The summed E-state index contributed by atoms with van der Waals surface area (Å²) in [4.78, 5) is 15.0. The molecule has 2 saturated heterocycles. The van der Waals surface area contributed by atoms with Crippen molar-refractivity contribution in [2.24, 2.45) is 0 Å². The van der Waals surface area contributed by atoms with Gasteiger partial charge in [0, 0.05) is 38.4 Å². The van der Waals surface area contributed by atoms with Gasteiger partial charge in [-0.25, -0.2) is 0 Å². The maximum absolute atomic E-state index is 12.6. The van der Waals surface area contributed by atoms with Crippen LogP contribution >= 0.6 is 0 Å². The Morgan fingerprint density at radius 1 is 1.11 bits per heavy atom. The van der Waals surface area contributed by atoms with E-state index in [1.165, 1.54) is 6.08 Å². The number of ether oxygens (including phenoxy) is 2. The Morgan fingerprint density at radius 3 is 2.59 bits per heavy atom. The SMILES string of the molecule is CC1O[C@H](CNC(=O)/C(C#N)=C/c2ccc3cc(NCCN4CCOCC4)ccc3c2)[C@@H](O)[C@H](O)[C@H]1O. The average Bonchev–Trinajstić information content (AvgIpc) is 2.92. The molecule has 0 aliphatic carbocycles. The smallest absolute Gasteiger partial charge is 0.262 e. The molecule has 5 N–H and O–H groups in total. The number of hydrogen-bond acceptors (Lipinski definition) is 9. The molecule has 2 aliphatic heterocycles. The third kappa shape index (κ3) is 6.84. The molecule has 10 heteroatoms. The maximum atomic E-state index is 12.6. The highest BCUT2D eigenvalue weighted by atomic mass is 16.5. The van der Waals surface area contributed by atoms with Crippen LogP contribution in [0.1, 0.15) is 12.5 Å². The fraction of sp³-hybridized carbons (Fsp3) is 0.481. The van der Waals surface area contributed by atoms with E-state index in [0.29, 0.717) is 5.56 Å². The van der Waals surface area contributed by atoms with Crippen molar-refractivity contribution in [1.82, 2.24) is 10.2 Å². The van der Waals surface area contributed by atoms with E-state index in [1.807, 2.05) is 36.4 Å². The summed E-state index contributed by atoms with van der Waals surface area (Å²) in [5, 5.41) is 47.4. The van der Waals surface area contributed by atoms with Crippen molar-refractivity contribution in [1.29, 1.82) is 5.26 Å². The predicted octanol–water partition coefficient (Wildman–Crippen LogP) is 0.477. The van der Waals surface area contributed by atoms with E-state index < -0.39 is 36.4 Å². The molecule has 1 amide bonds. The highest BCUT2D eigenvalue weighted by molar-refractivity contribution is 6.02. The van der Waals surface area contributed by atoms with Gasteiger partial charge in [0.05, 0.1) is 19.3 Å². The summed E-state index contributed by atoms with van der Waals surface area (Å²) in [6, 6.07) is 13.7. The van der Waals surface area contributed by atoms with Gasteiger partial charge in [-0.05, 0) is 47.5 Å². The number of amides is 1. The number of carbonyl (C=O) groups is 1. The quantitative estimate of drug-likeness (QED) is 0.253. The van der Waals surface area contributed by atoms with Gasteiger partial charge in [-0.1, -0.05) is 18.2 Å². The first-order valence-corrected chi connectivity index (χ1v) is 12.5. The maximum Gasteiger partial charge on any atom is 0.262 e. The molecular formula is C27H34N4O6. The molecule has 2 fully saturated rings. The molecule has 10 nitrogen and oxygen atoms in total. The molecule has 5 atom stereocenters. The topological polar surface area (TPSA) is 147 Å². The lowest BCUT2D eigenvalue weighted by Crippen LogP contribution is -2.59. The summed E-state index contributed by atoms with van der Waals surface area (Å²) < 4.78 is 10.9. The Morgan fingerprint density at radius 2 is 1.84 bits per heavy atom. The van der Waals surface area contributed by atoms with Crippen molar-refractivity contribution in [3.8, 4) is 6.07 Å². The number of aliphatic hydroxyl groups excluding tert-OH is 3. The van der Waals surface area contributed by atoms with Crippen LogP contribution in [-0.2, 0) is 14.3 Å². The van der Waals surface area contributed by atoms with Crippen LogP contribution in [0.3, 0.4) is 0 Å². The number of morpholine rings is 1. The molecule has 2 aliphatic rings. The Labute approximate surface area is 216 Å². The number of benzene rings is 2. The van der Waals surface area contributed by atoms with Crippen molar-refractivity contribution < 1.29 is 29.6 Å². The summed E-state index contributed by atoms with van der Waals surface area (Å²) in [6.07, 6.45) is -4.07. The van der Waals surface area contributed by atoms with E-state index in [0.717, 1.165) is 55.9 Å². The van der Waals surface area contributed by atoms with Crippen LogP contribution in [0.2, 0.25) is 0 Å². The van der Waals surface area contributed by atoms with Crippen molar-refractivity contribution in [2.45, 2.75) is 37.4 Å². The number of carbonyl (C=O) groups excluding carboxylic acids is 1. The van der Waals surface area contributed by atoms with Crippen LogP contribution in [0.25, 0.3) is 16.8 Å². The summed E-state index contributed by atoms with van der Waals surface area (Å²) >= 11 is 0. The van der Waals surface area contributed by atoms with E-state index in [9.17, 15) is 25.4 Å². The zero-order chi connectivity index (χ0) is 26.4. The van der Waals surface area contributed by atoms with Gasteiger partial charge >= 0.3 is 0 Å². The lowest BCUT2D eigenvalue weighted by molar-refractivity contribution is -0.215. The lowest BCUT2D eigenvalue weighted by Gasteiger charge is -2.39. The van der Waals surface area contributed by atoms with Crippen LogP contribution < -0.4 is 10.6 Å². The van der Waals surface area contributed by atoms with Crippen molar-refractivity contribution >= 4 is 28.4 Å². The van der Waals surface area contributed by atoms with Crippen molar-refractivity contribution in [3.05, 3.63) is 47.5 Å². The third-order valence-corrected chi connectivity index (χ3v) is 6.82. The van der Waals surface area contributed by atoms with Gasteiger partial charge in [0.15, 0.2) is 0 Å². The predicted molar refractivity (Wildman–Crippen MR) is 139 cm³/mol. The molecule has 2 aromatic rings. The van der Waals surface area contributed by atoms with E-state index in [1.54, 1.807) is 6.92 Å². The Kier molecular flexibility index (Phi) is 9.10. The second-order valence-electron chi connectivity index (χ2n) is 9.43. The van der Waals surface area contributed by atoms with Crippen molar-refractivity contribution in [3.63, 3.8) is 0 Å². The minimum absolute atomic E-state index is 0.0975.